The van der Waals surface area contributed by atoms with Gasteiger partial charge in [0.1, 0.15) is 11.4 Å². The number of nitrogens with one attached hydrogen (secondary N) is 1. The first-order valence-electron chi connectivity index (χ1n) is 13.8. The Balaban J connectivity index is 2.64. The van der Waals surface area contributed by atoms with Crippen LogP contribution in [0, 0.1) is 0 Å². The molecule has 0 aliphatic carbocycles. The van der Waals surface area contributed by atoms with E-state index in [1.807, 2.05) is 45.0 Å². The molecule has 36 heavy (non-hydrogen) atoms. The Hall–Kier alpha value is -1.95. The molecule has 204 valence electrons. The Morgan fingerprint density at radius 3 is 1.94 bits per heavy atom. The quantitative estimate of drug-likeness (QED) is 0.126. The van der Waals surface area contributed by atoms with Crippen molar-refractivity contribution in [1.82, 2.24) is 5.32 Å². The largest absolute Gasteiger partial charge is 0.457 e. The minimum Gasteiger partial charge on any atom is -0.457 e. The van der Waals surface area contributed by atoms with E-state index in [0.717, 1.165) is 37.9 Å². The maximum absolute atomic E-state index is 12.7. The Kier molecular flexibility index (Phi) is 16.3. The second kappa shape index (κ2) is 18.3. The normalized spacial score (nSPS) is 12.2. The van der Waals surface area contributed by atoms with Crippen LogP contribution < -0.4 is 10.1 Å². The molecule has 0 spiro atoms. The zero-order valence-electron chi connectivity index (χ0n) is 23.5. The molecule has 0 aliphatic heterocycles. The lowest BCUT2D eigenvalue weighted by atomic mass is 10.1. The van der Waals surface area contributed by atoms with Gasteiger partial charge in [-0.1, -0.05) is 83.8 Å². The number of hydrogen-bond donors (Lipinski definition) is 1. The summed E-state index contributed by atoms with van der Waals surface area (Å²) in [5, 5.41) is 3.29. The molecular weight excluding hydrogens is 470 g/mol. The molecule has 1 rings (SSSR count). The van der Waals surface area contributed by atoms with E-state index in [0.29, 0.717) is 16.4 Å². The summed E-state index contributed by atoms with van der Waals surface area (Å²) in [6.45, 7) is 11.6. The van der Waals surface area contributed by atoms with E-state index < -0.39 is 17.7 Å². The van der Waals surface area contributed by atoms with Gasteiger partial charge in [0.05, 0.1) is 10.6 Å². The van der Waals surface area contributed by atoms with Gasteiger partial charge >= 0.3 is 12.1 Å². The van der Waals surface area contributed by atoms with E-state index in [4.69, 9.17) is 9.47 Å². The second-order valence-corrected chi connectivity index (χ2v) is 11.5. The van der Waals surface area contributed by atoms with Crippen LogP contribution in [0.15, 0.2) is 34.9 Å². The predicted molar refractivity (Wildman–Crippen MR) is 152 cm³/mol. The van der Waals surface area contributed by atoms with Crippen LogP contribution in [0.5, 0.6) is 5.75 Å². The highest BCUT2D eigenvalue weighted by atomic mass is 32.2. The van der Waals surface area contributed by atoms with Crippen LogP contribution in [0.25, 0.3) is 0 Å². The lowest BCUT2D eigenvalue weighted by molar-refractivity contribution is -0.149. The molecule has 1 N–H and O–H groups in total. The third-order valence-electron chi connectivity index (χ3n) is 5.71. The molecule has 5 nitrogen and oxygen atoms in total. The molecule has 6 heteroatoms. The molecule has 0 unspecified atom stereocenters. The van der Waals surface area contributed by atoms with E-state index in [9.17, 15) is 9.59 Å². The van der Waals surface area contributed by atoms with Crippen molar-refractivity contribution in [3.8, 4) is 5.75 Å². The molecule has 0 aromatic heterocycles. The van der Waals surface area contributed by atoms with Gasteiger partial charge in [-0.3, -0.25) is 5.32 Å². The van der Waals surface area contributed by atoms with Crippen molar-refractivity contribution < 1.29 is 19.1 Å². The molecule has 0 atom stereocenters. The fraction of sp³-hybridized carbons (Fsp3) is 0.667. The van der Waals surface area contributed by atoms with Gasteiger partial charge in [-0.05, 0) is 70.4 Å². The van der Waals surface area contributed by atoms with E-state index in [2.05, 4.69) is 19.2 Å². The highest BCUT2D eigenvalue weighted by molar-refractivity contribution is 8.03. The average molecular weight is 520 g/mol. The number of benzene rings is 1. The summed E-state index contributed by atoms with van der Waals surface area (Å²) in [6, 6.07) is 7.59. The monoisotopic (exact) mass is 519 g/mol. The maximum Gasteiger partial charge on any atom is 0.417 e. The minimum atomic E-state index is -0.606. The third kappa shape index (κ3) is 15.2. The summed E-state index contributed by atoms with van der Waals surface area (Å²) in [6.07, 6.45) is 14.0. The van der Waals surface area contributed by atoms with E-state index in [1.165, 1.54) is 62.3 Å². The van der Waals surface area contributed by atoms with Crippen LogP contribution in [0.3, 0.4) is 0 Å². The number of unbranched alkanes of at least 4 members (excludes halogenated alkanes) is 9. The number of amides is 1. The number of esters is 1. The molecule has 1 aromatic carbocycles. The van der Waals surface area contributed by atoms with Crippen molar-refractivity contribution >= 4 is 23.8 Å². The summed E-state index contributed by atoms with van der Waals surface area (Å²) in [5.41, 5.74) is 1.01. The third-order valence-corrected chi connectivity index (χ3v) is 6.90. The highest BCUT2D eigenvalue weighted by Gasteiger charge is 2.21. The van der Waals surface area contributed by atoms with Gasteiger partial charge in [0.2, 0.25) is 0 Å². The minimum absolute atomic E-state index is 0.387. The molecule has 0 aliphatic rings. The highest BCUT2D eigenvalue weighted by Crippen LogP contribution is 2.23. The molecule has 0 saturated heterocycles. The van der Waals surface area contributed by atoms with Gasteiger partial charge in [-0.25, -0.2) is 9.59 Å². The number of hydrogen-bond acceptors (Lipinski definition) is 5. The van der Waals surface area contributed by atoms with Crippen molar-refractivity contribution in [2.75, 3.05) is 5.75 Å². The first-order chi connectivity index (χ1) is 17.2. The zero-order chi connectivity index (χ0) is 26.8. The zero-order valence-corrected chi connectivity index (χ0v) is 24.4. The average Bonchev–Trinajstić information content (AvgIpc) is 2.82. The van der Waals surface area contributed by atoms with Crippen molar-refractivity contribution in [1.29, 1.82) is 0 Å². The van der Waals surface area contributed by atoms with Crippen LogP contribution in [0.2, 0.25) is 0 Å². The smallest absolute Gasteiger partial charge is 0.417 e. The van der Waals surface area contributed by atoms with Crippen LogP contribution in [-0.4, -0.2) is 23.4 Å². The van der Waals surface area contributed by atoms with Crippen LogP contribution in [-0.2, 0) is 16.0 Å². The molecule has 1 amide bonds. The molecule has 1 aromatic rings. The van der Waals surface area contributed by atoms with Gasteiger partial charge < -0.3 is 9.47 Å². The Morgan fingerprint density at radius 2 is 1.39 bits per heavy atom. The van der Waals surface area contributed by atoms with E-state index >= 15 is 0 Å². The Morgan fingerprint density at radius 1 is 0.833 bits per heavy atom. The van der Waals surface area contributed by atoms with Crippen molar-refractivity contribution in [3.63, 3.8) is 0 Å². The lowest BCUT2D eigenvalue weighted by Crippen LogP contribution is -2.29. The molecule has 0 heterocycles. The first-order valence-corrected chi connectivity index (χ1v) is 14.8. The van der Waals surface area contributed by atoms with Gasteiger partial charge in [0.15, 0.2) is 0 Å². The number of carbonyl (C=O) groups excluding carboxylic acids is 2. The summed E-state index contributed by atoms with van der Waals surface area (Å²) >= 11 is 1.48. The summed E-state index contributed by atoms with van der Waals surface area (Å²) in [7, 11) is 0. The molecule has 0 saturated carbocycles. The summed E-state index contributed by atoms with van der Waals surface area (Å²) < 4.78 is 11.0. The van der Waals surface area contributed by atoms with Crippen LogP contribution in [0.1, 0.15) is 118 Å². The lowest BCUT2D eigenvalue weighted by Gasteiger charge is -2.21. The van der Waals surface area contributed by atoms with E-state index in [-0.39, 0.29) is 0 Å². The Bertz CT molecular complexity index is 796. The summed E-state index contributed by atoms with van der Waals surface area (Å²) in [4.78, 5) is 25.3. The van der Waals surface area contributed by atoms with Crippen molar-refractivity contribution in [2.24, 2.45) is 0 Å². The van der Waals surface area contributed by atoms with Gasteiger partial charge in [-0.2, -0.15) is 0 Å². The van der Waals surface area contributed by atoms with Gasteiger partial charge in [0, 0.05) is 0 Å². The first kappa shape index (κ1) is 32.1. The number of ether oxygens (including phenoxy) is 2. The number of thioether (sulfide) groups is 1. The predicted octanol–water partition coefficient (Wildman–Crippen LogP) is 8.95. The van der Waals surface area contributed by atoms with Gasteiger partial charge in [0.25, 0.3) is 0 Å². The fourth-order valence-corrected chi connectivity index (χ4v) is 4.61. The van der Waals surface area contributed by atoms with Crippen LogP contribution >= 0.6 is 11.8 Å². The molecule has 0 radical (unpaired) electrons. The number of aryl methyl sites for hydroxylation is 1. The standard InChI is InChI=1S/C30H49NO4S/c1-7-9-11-12-13-14-15-16-17-23-36-27(24(3)28(32)35-30(4,5)6)31-29(33)34-26-21-19-25(20-22-26)18-10-8-2/h19-22H,7-18,23H2,1-6H3,(H,31,33)/b27-24+. The fourth-order valence-electron chi connectivity index (χ4n) is 3.60. The molecule has 0 bridgehead atoms. The van der Waals surface area contributed by atoms with Crippen molar-refractivity contribution in [2.45, 2.75) is 124 Å². The van der Waals surface area contributed by atoms with E-state index in [1.54, 1.807) is 6.92 Å². The second-order valence-electron chi connectivity index (χ2n) is 10.4. The van der Waals surface area contributed by atoms with Gasteiger partial charge in [-0.15, -0.1) is 11.8 Å². The molecular formula is C30H49NO4S. The topological polar surface area (TPSA) is 64.6 Å². The summed E-state index contributed by atoms with van der Waals surface area (Å²) in [5.74, 6) is 0.862. The SMILES string of the molecule is CCCCCCCCCCCS/C(NC(=O)Oc1ccc(CCCC)cc1)=C(\C)C(=O)OC(C)(C)C. The number of rotatable bonds is 17. The molecule has 0 fully saturated rings. The Labute approximate surface area is 224 Å². The van der Waals surface area contributed by atoms with Crippen molar-refractivity contribution in [3.05, 3.63) is 40.4 Å². The maximum atomic E-state index is 12.7. The van der Waals surface area contributed by atoms with Crippen LogP contribution in [0.4, 0.5) is 4.79 Å². The number of carbonyl (C=O) groups is 2.